The first-order chi connectivity index (χ1) is 11.1. The van der Waals surface area contributed by atoms with Gasteiger partial charge in [0, 0.05) is 23.7 Å². The SMILES string of the molecule is CCc1nn2c(=O)cc(CNC(C)c3ccc(Cl)cc3)nc2s1. The highest BCUT2D eigenvalue weighted by atomic mass is 35.5. The normalized spacial score (nSPS) is 12.7. The zero-order chi connectivity index (χ0) is 16.4. The Morgan fingerprint density at radius 1 is 1.35 bits per heavy atom. The summed E-state index contributed by atoms with van der Waals surface area (Å²) in [6.45, 7) is 4.60. The predicted molar refractivity (Wildman–Crippen MR) is 93.2 cm³/mol. The van der Waals surface area contributed by atoms with Crippen molar-refractivity contribution < 1.29 is 0 Å². The minimum Gasteiger partial charge on any atom is -0.305 e. The number of nitrogens with zero attached hydrogens (tertiary/aromatic N) is 3. The van der Waals surface area contributed by atoms with E-state index in [-0.39, 0.29) is 11.6 Å². The molecule has 2 heterocycles. The third-order valence-corrected chi connectivity index (χ3v) is 4.91. The first-order valence-corrected chi connectivity index (χ1v) is 8.64. The summed E-state index contributed by atoms with van der Waals surface area (Å²) in [5.41, 5.74) is 1.72. The lowest BCUT2D eigenvalue weighted by atomic mass is 10.1. The van der Waals surface area contributed by atoms with Gasteiger partial charge in [0.15, 0.2) is 0 Å². The van der Waals surface area contributed by atoms with Crippen LogP contribution in [0, 0.1) is 0 Å². The lowest BCUT2D eigenvalue weighted by Crippen LogP contribution is -2.22. The molecular weight excluding hydrogens is 332 g/mol. The summed E-state index contributed by atoms with van der Waals surface area (Å²) in [4.78, 5) is 17.3. The van der Waals surface area contributed by atoms with Crippen molar-refractivity contribution in [3.8, 4) is 0 Å². The van der Waals surface area contributed by atoms with Crippen LogP contribution in [0.1, 0.15) is 36.2 Å². The summed E-state index contributed by atoms with van der Waals surface area (Å²) in [6, 6.07) is 9.39. The number of aryl methyl sites for hydroxylation is 1. The van der Waals surface area contributed by atoms with E-state index in [0.717, 1.165) is 27.7 Å². The van der Waals surface area contributed by atoms with E-state index < -0.39 is 0 Å². The molecule has 1 atom stereocenters. The van der Waals surface area contributed by atoms with Crippen molar-refractivity contribution in [3.05, 3.63) is 62.0 Å². The fraction of sp³-hybridized carbons (Fsp3) is 0.312. The maximum absolute atomic E-state index is 12.1. The largest absolute Gasteiger partial charge is 0.305 e. The van der Waals surface area contributed by atoms with Crippen LogP contribution in [0.4, 0.5) is 0 Å². The van der Waals surface area contributed by atoms with Crippen molar-refractivity contribution in [2.24, 2.45) is 0 Å². The highest BCUT2D eigenvalue weighted by molar-refractivity contribution is 7.16. The number of halogens is 1. The molecule has 0 aliphatic heterocycles. The van der Waals surface area contributed by atoms with Gasteiger partial charge in [0.05, 0.1) is 5.69 Å². The minimum atomic E-state index is -0.137. The molecule has 0 spiro atoms. The molecule has 0 fully saturated rings. The molecule has 0 radical (unpaired) electrons. The van der Waals surface area contributed by atoms with E-state index in [0.29, 0.717) is 11.5 Å². The average Bonchev–Trinajstić information content (AvgIpc) is 2.97. The molecule has 7 heteroatoms. The highest BCUT2D eigenvalue weighted by Gasteiger charge is 2.10. The molecule has 3 aromatic rings. The smallest absolute Gasteiger partial charge is 0.275 e. The third-order valence-electron chi connectivity index (χ3n) is 3.60. The standard InChI is InChI=1S/C16H17ClN4OS/c1-3-14-20-21-15(22)8-13(19-16(21)23-14)9-18-10(2)11-4-6-12(17)7-5-11/h4-8,10,18H,3,9H2,1-2H3. The predicted octanol–water partition coefficient (Wildman–Crippen LogP) is 3.22. The van der Waals surface area contributed by atoms with E-state index in [1.54, 1.807) is 0 Å². The van der Waals surface area contributed by atoms with Crippen LogP contribution in [0.5, 0.6) is 0 Å². The van der Waals surface area contributed by atoms with E-state index in [9.17, 15) is 4.79 Å². The first kappa shape index (κ1) is 16.1. The van der Waals surface area contributed by atoms with Gasteiger partial charge in [-0.05, 0) is 31.0 Å². The topological polar surface area (TPSA) is 59.3 Å². The van der Waals surface area contributed by atoms with Crippen LogP contribution in [0.15, 0.2) is 35.1 Å². The Balaban J connectivity index is 1.76. The first-order valence-electron chi connectivity index (χ1n) is 7.44. The minimum absolute atomic E-state index is 0.137. The molecule has 0 saturated carbocycles. The van der Waals surface area contributed by atoms with Crippen molar-refractivity contribution in [1.82, 2.24) is 19.9 Å². The molecule has 3 rings (SSSR count). The van der Waals surface area contributed by atoms with Crippen molar-refractivity contribution in [1.29, 1.82) is 0 Å². The molecule has 0 saturated heterocycles. The Bertz CT molecular complexity index is 872. The molecule has 0 aliphatic rings. The second-order valence-electron chi connectivity index (χ2n) is 5.28. The molecule has 1 unspecified atom stereocenters. The molecule has 120 valence electrons. The Morgan fingerprint density at radius 2 is 2.09 bits per heavy atom. The van der Waals surface area contributed by atoms with Crippen molar-refractivity contribution in [2.75, 3.05) is 0 Å². The van der Waals surface area contributed by atoms with Crippen molar-refractivity contribution in [2.45, 2.75) is 32.9 Å². The number of fused-ring (bicyclic) bond motifs is 1. The van der Waals surface area contributed by atoms with E-state index in [1.807, 2.05) is 31.2 Å². The number of aromatic nitrogens is 3. The molecule has 2 aromatic heterocycles. The number of rotatable bonds is 5. The molecule has 0 amide bonds. The summed E-state index contributed by atoms with van der Waals surface area (Å²) in [5.74, 6) is 0. The summed E-state index contributed by atoms with van der Waals surface area (Å²) in [5, 5.41) is 9.26. The van der Waals surface area contributed by atoms with Gasteiger partial charge in [0.25, 0.3) is 5.56 Å². The summed E-state index contributed by atoms with van der Waals surface area (Å²) in [7, 11) is 0. The fourth-order valence-corrected chi connectivity index (χ4v) is 3.24. The van der Waals surface area contributed by atoms with Crippen LogP contribution in [-0.4, -0.2) is 14.6 Å². The summed E-state index contributed by atoms with van der Waals surface area (Å²) in [6.07, 6.45) is 0.800. The Hall–Kier alpha value is -1.76. The molecule has 23 heavy (non-hydrogen) atoms. The van der Waals surface area contributed by atoms with Gasteiger partial charge in [-0.1, -0.05) is 42.0 Å². The van der Waals surface area contributed by atoms with Crippen LogP contribution in [0.2, 0.25) is 5.02 Å². The van der Waals surface area contributed by atoms with Crippen LogP contribution < -0.4 is 10.9 Å². The maximum Gasteiger partial charge on any atom is 0.275 e. The maximum atomic E-state index is 12.1. The highest BCUT2D eigenvalue weighted by Crippen LogP contribution is 2.17. The molecular formula is C16H17ClN4OS. The number of hydrogen-bond donors (Lipinski definition) is 1. The average molecular weight is 349 g/mol. The third kappa shape index (κ3) is 3.60. The summed E-state index contributed by atoms with van der Waals surface area (Å²) >= 11 is 7.36. The quantitative estimate of drug-likeness (QED) is 0.769. The fourth-order valence-electron chi connectivity index (χ4n) is 2.26. The van der Waals surface area contributed by atoms with Gasteiger partial charge in [-0.25, -0.2) is 4.98 Å². The van der Waals surface area contributed by atoms with Crippen molar-refractivity contribution >= 4 is 27.9 Å². The van der Waals surface area contributed by atoms with E-state index in [1.165, 1.54) is 21.9 Å². The molecule has 0 bridgehead atoms. The molecule has 0 aliphatic carbocycles. The lowest BCUT2D eigenvalue weighted by Gasteiger charge is -2.13. The number of benzene rings is 1. The van der Waals surface area contributed by atoms with E-state index >= 15 is 0 Å². The van der Waals surface area contributed by atoms with E-state index in [2.05, 4.69) is 22.3 Å². The van der Waals surface area contributed by atoms with Gasteiger partial charge in [0.2, 0.25) is 4.96 Å². The van der Waals surface area contributed by atoms with Crippen LogP contribution >= 0.6 is 22.9 Å². The lowest BCUT2D eigenvalue weighted by molar-refractivity contribution is 0.567. The Labute approximate surface area is 143 Å². The molecule has 5 nitrogen and oxygen atoms in total. The number of hydrogen-bond acceptors (Lipinski definition) is 5. The molecule has 1 aromatic carbocycles. The van der Waals surface area contributed by atoms with Gasteiger partial charge < -0.3 is 5.32 Å². The van der Waals surface area contributed by atoms with Gasteiger partial charge in [-0.15, -0.1) is 0 Å². The van der Waals surface area contributed by atoms with Gasteiger partial charge in [0.1, 0.15) is 5.01 Å². The van der Waals surface area contributed by atoms with Crippen molar-refractivity contribution in [3.63, 3.8) is 0 Å². The second kappa shape index (κ2) is 6.78. The zero-order valence-corrected chi connectivity index (χ0v) is 14.5. The Kier molecular flexibility index (Phi) is 4.75. The van der Waals surface area contributed by atoms with Crippen LogP contribution in [0.3, 0.4) is 0 Å². The van der Waals surface area contributed by atoms with Gasteiger partial charge in [-0.3, -0.25) is 4.79 Å². The van der Waals surface area contributed by atoms with Gasteiger partial charge in [-0.2, -0.15) is 9.61 Å². The number of nitrogens with one attached hydrogen (secondary N) is 1. The zero-order valence-electron chi connectivity index (χ0n) is 12.9. The van der Waals surface area contributed by atoms with Crippen LogP contribution in [0.25, 0.3) is 4.96 Å². The van der Waals surface area contributed by atoms with Crippen LogP contribution in [-0.2, 0) is 13.0 Å². The Morgan fingerprint density at radius 3 is 2.78 bits per heavy atom. The monoisotopic (exact) mass is 348 g/mol. The summed E-state index contributed by atoms with van der Waals surface area (Å²) < 4.78 is 1.37. The second-order valence-corrected chi connectivity index (χ2v) is 6.76. The molecule has 1 N–H and O–H groups in total. The van der Waals surface area contributed by atoms with Gasteiger partial charge >= 0.3 is 0 Å². The van der Waals surface area contributed by atoms with E-state index in [4.69, 9.17) is 11.6 Å².